The molecule has 0 bridgehead atoms. The number of hydrogen-bond donors (Lipinski definition) is 0. The molecule has 1 fully saturated rings. The summed E-state index contributed by atoms with van der Waals surface area (Å²) in [4.78, 5) is 10.5. The van der Waals surface area contributed by atoms with Crippen molar-refractivity contribution in [1.29, 1.82) is 0 Å². The van der Waals surface area contributed by atoms with E-state index in [0.29, 0.717) is 11.3 Å². The molecule has 0 aromatic rings. The molecule has 80 valence electrons. The zero-order valence-corrected chi connectivity index (χ0v) is 10.0. The quantitative estimate of drug-likeness (QED) is 0.497. The van der Waals surface area contributed by atoms with Crippen LogP contribution in [0.4, 0.5) is 0 Å². The molecule has 0 aromatic carbocycles. The Morgan fingerprint density at radius 2 is 2.00 bits per heavy atom. The van der Waals surface area contributed by atoms with Gasteiger partial charge in [-0.1, -0.05) is 33.3 Å². The smallest absolute Gasteiger partial charge is 0.142 e. The van der Waals surface area contributed by atoms with Crippen molar-refractivity contribution in [3.8, 4) is 0 Å². The highest BCUT2D eigenvalue weighted by molar-refractivity contribution is 5.66. The third kappa shape index (κ3) is 1.43. The summed E-state index contributed by atoms with van der Waals surface area (Å²) in [6.07, 6.45) is 3.86. The Labute approximate surface area is 87.6 Å². The van der Waals surface area contributed by atoms with E-state index in [-0.39, 0.29) is 0 Å². The molecule has 0 aliphatic heterocycles. The zero-order valence-electron chi connectivity index (χ0n) is 10.0. The minimum atomic E-state index is 0.406. The fourth-order valence-corrected chi connectivity index (χ4v) is 3.34. The number of carbonyl (C=O) groups is 1. The first-order valence-electron chi connectivity index (χ1n) is 5.61. The second-order valence-corrected chi connectivity index (χ2v) is 5.03. The van der Waals surface area contributed by atoms with E-state index in [9.17, 15) is 4.79 Å². The van der Waals surface area contributed by atoms with Crippen LogP contribution in [0.25, 0.3) is 0 Å². The summed E-state index contributed by atoms with van der Waals surface area (Å²) in [5.74, 6) is 2.09. The number of rotatable bonds is 3. The average Bonchev–Trinajstić information content (AvgIpc) is 2.17. The lowest BCUT2D eigenvalue weighted by Gasteiger charge is -2.59. The highest BCUT2D eigenvalue weighted by Crippen LogP contribution is 2.60. The van der Waals surface area contributed by atoms with Crippen LogP contribution in [0, 0.1) is 23.2 Å². The van der Waals surface area contributed by atoms with E-state index in [1.54, 1.807) is 6.08 Å². The molecule has 1 heteroatoms. The standard InChI is InChI=1S/C13H22O/c1-6-13(5)11(4)10(3)12(13)9(2)7-8-14/h7-8,10-12H,6H2,1-5H3/b9-7-. The second-order valence-electron chi connectivity index (χ2n) is 5.03. The topological polar surface area (TPSA) is 17.1 Å². The lowest BCUT2D eigenvalue weighted by Crippen LogP contribution is -2.52. The first-order valence-corrected chi connectivity index (χ1v) is 5.61. The minimum absolute atomic E-state index is 0.406. The first-order chi connectivity index (χ1) is 6.49. The summed E-state index contributed by atoms with van der Waals surface area (Å²) < 4.78 is 0. The molecule has 0 aromatic heterocycles. The molecule has 1 saturated carbocycles. The van der Waals surface area contributed by atoms with Crippen molar-refractivity contribution in [2.45, 2.75) is 41.0 Å². The van der Waals surface area contributed by atoms with Gasteiger partial charge < -0.3 is 0 Å². The molecule has 0 amide bonds. The molecule has 0 heterocycles. The normalized spacial score (nSPS) is 43.2. The molecule has 4 atom stereocenters. The predicted octanol–water partition coefficient (Wildman–Crippen LogP) is 3.45. The fourth-order valence-electron chi connectivity index (χ4n) is 3.34. The molecule has 1 aliphatic carbocycles. The lowest BCUT2D eigenvalue weighted by atomic mass is 9.46. The molecular weight excluding hydrogens is 172 g/mol. The van der Waals surface area contributed by atoms with Crippen molar-refractivity contribution in [3.63, 3.8) is 0 Å². The van der Waals surface area contributed by atoms with Crippen LogP contribution in [0.1, 0.15) is 41.0 Å². The fraction of sp³-hybridized carbons (Fsp3) is 0.769. The third-order valence-electron chi connectivity index (χ3n) is 4.65. The Hall–Kier alpha value is -0.590. The van der Waals surface area contributed by atoms with Crippen molar-refractivity contribution in [3.05, 3.63) is 11.6 Å². The Kier molecular flexibility index (Phi) is 3.18. The van der Waals surface area contributed by atoms with Gasteiger partial charge in [-0.05, 0) is 42.6 Å². The summed E-state index contributed by atoms with van der Waals surface area (Å²) in [7, 11) is 0. The number of aldehydes is 1. The molecule has 1 aliphatic rings. The third-order valence-corrected chi connectivity index (χ3v) is 4.65. The van der Waals surface area contributed by atoms with Crippen LogP contribution in [-0.4, -0.2) is 6.29 Å². The van der Waals surface area contributed by atoms with Crippen molar-refractivity contribution in [1.82, 2.24) is 0 Å². The monoisotopic (exact) mass is 194 g/mol. The van der Waals surface area contributed by atoms with Gasteiger partial charge in [0.2, 0.25) is 0 Å². The van der Waals surface area contributed by atoms with E-state index in [1.807, 2.05) is 0 Å². The summed E-state index contributed by atoms with van der Waals surface area (Å²) in [5.41, 5.74) is 1.66. The number of carbonyl (C=O) groups excluding carboxylic acids is 1. The van der Waals surface area contributed by atoms with Crippen molar-refractivity contribution >= 4 is 6.29 Å². The molecule has 4 unspecified atom stereocenters. The number of allylic oxidation sites excluding steroid dienone is 2. The van der Waals surface area contributed by atoms with Gasteiger partial charge in [0.1, 0.15) is 6.29 Å². The molecule has 0 N–H and O–H groups in total. The van der Waals surface area contributed by atoms with Gasteiger partial charge in [0.25, 0.3) is 0 Å². The van der Waals surface area contributed by atoms with Crippen molar-refractivity contribution in [2.75, 3.05) is 0 Å². The molecule has 0 radical (unpaired) electrons. The van der Waals surface area contributed by atoms with Gasteiger partial charge in [-0.3, -0.25) is 4.79 Å². The SMILES string of the molecule is CCC1(C)C(C)C(C)C1/C(C)=C\C=O. The summed E-state index contributed by atoms with van der Waals surface area (Å²) in [5, 5.41) is 0. The van der Waals surface area contributed by atoms with Gasteiger partial charge >= 0.3 is 0 Å². The zero-order chi connectivity index (χ0) is 10.9. The maximum absolute atomic E-state index is 10.5. The Balaban J connectivity index is 2.89. The Morgan fingerprint density at radius 3 is 2.43 bits per heavy atom. The summed E-state index contributed by atoms with van der Waals surface area (Å²) in [6.45, 7) is 11.3. The molecule has 0 spiro atoms. The van der Waals surface area contributed by atoms with Gasteiger partial charge in [-0.15, -0.1) is 0 Å². The van der Waals surface area contributed by atoms with Crippen LogP contribution >= 0.6 is 0 Å². The minimum Gasteiger partial charge on any atom is -0.299 e. The molecular formula is C13H22O. The van der Waals surface area contributed by atoms with Crippen LogP contribution in [0.3, 0.4) is 0 Å². The van der Waals surface area contributed by atoms with E-state index in [4.69, 9.17) is 0 Å². The van der Waals surface area contributed by atoms with E-state index in [0.717, 1.165) is 18.1 Å². The second kappa shape index (κ2) is 3.88. The van der Waals surface area contributed by atoms with Gasteiger partial charge in [-0.25, -0.2) is 0 Å². The van der Waals surface area contributed by atoms with E-state index in [2.05, 4.69) is 34.6 Å². The summed E-state index contributed by atoms with van der Waals surface area (Å²) >= 11 is 0. The highest BCUT2D eigenvalue weighted by atomic mass is 16.1. The largest absolute Gasteiger partial charge is 0.299 e. The van der Waals surface area contributed by atoms with Gasteiger partial charge in [-0.2, -0.15) is 0 Å². The molecule has 0 saturated heterocycles. The average molecular weight is 194 g/mol. The molecule has 14 heavy (non-hydrogen) atoms. The maximum atomic E-state index is 10.5. The van der Waals surface area contributed by atoms with Gasteiger partial charge in [0, 0.05) is 0 Å². The summed E-state index contributed by atoms with van der Waals surface area (Å²) in [6, 6.07) is 0. The van der Waals surface area contributed by atoms with Crippen LogP contribution in [0.2, 0.25) is 0 Å². The highest BCUT2D eigenvalue weighted by Gasteiger charge is 2.53. The van der Waals surface area contributed by atoms with Gasteiger partial charge in [0.05, 0.1) is 0 Å². The predicted molar refractivity (Wildman–Crippen MR) is 60.0 cm³/mol. The van der Waals surface area contributed by atoms with E-state index < -0.39 is 0 Å². The molecule has 1 nitrogen and oxygen atoms in total. The number of hydrogen-bond acceptors (Lipinski definition) is 1. The first kappa shape index (κ1) is 11.5. The van der Waals surface area contributed by atoms with Crippen LogP contribution in [-0.2, 0) is 4.79 Å². The van der Waals surface area contributed by atoms with E-state index >= 15 is 0 Å². The van der Waals surface area contributed by atoms with Crippen LogP contribution < -0.4 is 0 Å². The lowest BCUT2D eigenvalue weighted by molar-refractivity contribution is -0.104. The Bertz CT molecular complexity index is 254. The van der Waals surface area contributed by atoms with E-state index in [1.165, 1.54) is 12.0 Å². The van der Waals surface area contributed by atoms with Crippen LogP contribution in [0.15, 0.2) is 11.6 Å². The van der Waals surface area contributed by atoms with Crippen molar-refractivity contribution < 1.29 is 4.79 Å². The van der Waals surface area contributed by atoms with Crippen LogP contribution in [0.5, 0.6) is 0 Å². The maximum Gasteiger partial charge on any atom is 0.142 e. The Morgan fingerprint density at radius 1 is 1.43 bits per heavy atom. The van der Waals surface area contributed by atoms with Crippen molar-refractivity contribution in [2.24, 2.45) is 23.2 Å². The van der Waals surface area contributed by atoms with Gasteiger partial charge in [0.15, 0.2) is 0 Å². The molecule has 1 rings (SSSR count).